The molecule has 0 N–H and O–H groups in total. The van der Waals surface area contributed by atoms with Gasteiger partial charge in [0.2, 0.25) is 0 Å². The van der Waals surface area contributed by atoms with Crippen LogP contribution in [0.2, 0.25) is 0 Å². The first-order chi connectivity index (χ1) is 21.3. The van der Waals surface area contributed by atoms with E-state index in [1.807, 2.05) is 36.5 Å². The van der Waals surface area contributed by atoms with Crippen LogP contribution in [0.15, 0.2) is 138 Å². The average molecular weight is 551 g/mol. The van der Waals surface area contributed by atoms with E-state index >= 15 is 0 Å². The summed E-state index contributed by atoms with van der Waals surface area (Å²) < 4.78 is 6.32. The third kappa shape index (κ3) is 3.94. The van der Waals surface area contributed by atoms with Crippen LogP contribution in [0, 0.1) is 0 Å². The second-order valence-corrected chi connectivity index (χ2v) is 10.8. The monoisotopic (exact) mass is 550 g/mol. The van der Waals surface area contributed by atoms with E-state index in [1.165, 1.54) is 10.8 Å². The Bertz CT molecular complexity index is 2430. The lowest BCUT2D eigenvalue weighted by Crippen LogP contribution is -2.01. The maximum absolute atomic E-state index is 6.32. The predicted octanol–water partition coefficient (Wildman–Crippen LogP) is 9.63. The number of nitrogens with zero attached hydrogens (tertiary/aromatic N) is 4. The van der Waals surface area contributed by atoms with Crippen molar-refractivity contribution in [3.63, 3.8) is 0 Å². The van der Waals surface area contributed by atoms with Crippen molar-refractivity contribution in [2.24, 2.45) is 0 Å². The number of aromatic nitrogens is 4. The second kappa shape index (κ2) is 9.29. The molecule has 43 heavy (non-hydrogen) atoms. The summed E-state index contributed by atoms with van der Waals surface area (Å²) >= 11 is 0. The van der Waals surface area contributed by atoms with Crippen LogP contribution in [0.5, 0.6) is 0 Å². The minimum absolute atomic E-state index is 0.551. The highest BCUT2D eigenvalue weighted by Crippen LogP contribution is 2.38. The minimum Gasteiger partial charge on any atom is -0.454 e. The van der Waals surface area contributed by atoms with Crippen molar-refractivity contribution in [3.05, 3.63) is 134 Å². The molecule has 0 saturated carbocycles. The van der Waals surface area contributed by atoms with Gasteiger partial charge in [-0.15, -0.1) is 0 Å². The highest BCUT2D eigenvalue weighted by Gasteiger charge is 2.19. The molecule has 6 aromatic carbocycles. The van der Waals surface area contributed by atoms with Crippen LogP contribution < -0.4 is 0 Å². The fourth-order valence-electron chi connectivity index (χ4n) is 6.00. The second-order valence-electron chi connectivity index (χ2n) is 10.8. The van der Waals surface area contributed by atoms with Crippen LogP contribution in [0.3, 0.4) is 0 Å². The largest absolute Gasteiger partial charge is 0.454 e. The molecule has 0 saturated heterocycles. The zero-order chi connectivity index (χ0) is 28.3. The van der Waals surface area contributed by atoms with Crippen LogP contribution in [0.1, 0.15) is 0 Å². The lowest BCUT2D eigenvalue weighted by molar-refractivity contribution is 0.667. The molecule has 0 aliphatic carbocycles. The number of benzene rings is 6. The van der Waals surface area contributed by atoms with E-state index in [2.05, 4.69) is 96.0 Å². The zero-order valence-electron chi connectivity index (χ0n) is 22.9. The molecule has 0 spiro atoms. The van der Waals surface area contributed by atoms with Gasteiger partial charge in [0.05, 0.1) is 6.20 Å². The van der Waals surface area contributed by atoms with Crippen molar-refractivity contribution in [2.45, 2.75) is 0 Å². The summed E-state index contributed by atoms with van der Waals surface area (Å²) in [5.41, 5.74) is 4.15. The number of fused-ring (bicyclic) bond motifs is 6. The Hall–Kier alpha value is -5.94. The maximum atomic E-state index is 6.32. The van der Waals surface area contributed by atoms with E-state index in [1.54, 1.807) is 6.20 Å². The molecule has 9 aromatic rings. The summed E-state index contributed by atoms with van der Waals surface area (Å²) in [6.07, 6.45) is 3.59. The molecule has 3 heterocycles. The Balaban J connectivity index is 1.32. The van der Waals surface area contributed by atoms with E-state index in [9.17, 15) is 0 Å². The number of pyridine rings is 1. The van der Waals surface area contributed by atoms with Gasteiger partial charge >= 0.3 is 0 Å². The molecular weight excluding hydrogens is 528 g/mol. The van der Waals surface area contributed by atoms with Gasteiger partial charge in [-0.3, -0.25) is 4.98 Å². The van der Waals surface area contributed by atoms with Crippen LogP contribution in [0.25, 0.3) is 88.4 Å². The number of furan rings is 1. The maximum Gasteiger partial charge on any atom is 0.166 e. The molecule has 3 aromatic heterocycles. The van der Waals surface area contributed by atoms with E-state index in [0.717, 1.165) is 54.6 Å². The number of hydrogen-bond acceptors (Lipinski definition) is 5. The summed E-state index contributed by atoms with van der Waals surface area (Å²) in [6.45, 7) is 0. The molecule has 5 nitrogen and oxygen atoms in total. The van der Waals surface area contributed by atoms with Gasteiger partial charge in [-0.1, -0.05) is 97.1 Å². The Morgan fingerprint density at radius 3 is 1.53 bits per heavy atom. The highest BCUT2D eigenvalue weighted by atomic mass is 16.3. The van der Waals surface area contributed by atoms with Crippen molar-refractivity contribution in [2.75, 3.05) is 0 Å². The van der Waals surface area contributed by atoms with Gasteiger partial charge in [-0.25, -0.2) is 15.0 Å². The average Bonchev–Trinajstić information content (AvgIpc) is 3.44. The number of hydrogen-bond donors (Lipinski definition) is 0. The molecule has 9 rings (SSSR count). The van der Waals surface area contributed by atoms with E-state index in [-0.39, 0.29) is 0 Å². The van der Waals surface area contributed by atoms with Crippen LogP contribution in [0.4, 0.5) is 0 Å². The van der Waals surface area contributed by atoms with Gasteiger partial charge in [-0.2, -0.15) is 0 Å². The van der Waals surface area contributed by atoms with Gasteiger partial charge in [0.15, 0.2) is 23.1 Å². The molecule has 0 bridgehead atoms. The molecule has 200 valence electrons. The molecule has 0 radical (unpaired) electrons. The van der Waals surface area contributed by atoms with Gasteiger partial charge in [0.25, 0.3) is 0 Å². The van der Waals surface area contributed by atoms with Crippen molar-refractivity contribution < 1.29 is 4.42 Å². The summed E-state index contributed by atoms with van der Waals surface area (Å²) in [5.74, 6) is 1.76. The van der Waals surface area contributed by atoms with Crippen molar-refractivity contribution >= 4 is 54.3 Å². The molecule has 5 heteroatoms. The normalized spacial score (nSPS) is 11.7. The zero-order valence-corrected chi connectivity index (χ0v) is 22.9. The Morgan fingerprint density at radius 1 is 0.419 bits per heavy atom. The van der Waals surface area contributed by atoms with Crippen LogP contribution in [-0.2, 0) is 0 Å². The van der Waals surface area contributed by atoms with Crippen LogP contribution >= 0.6 is 0 Å². The lowest BCUT2D eigenvalue weighted by Gasteiger charge is -2.10. The predicted molar refractivity (Wildman–Crippen MR) is 174 cm³/mol. The summed E-state index contributed by atoms with van der Waals surface area (Å²) in [6, 6.07) is 41.8. The number of rotatable bonds is 3. The highest BCUT2D eigenvalue weighted by molar-refractivity contribution is 6.14. The molecular formula is C38H22N4O. The quantitative estimate of drug-likeness (QED) is 0.219. The lowest BCUT2D eigenvalue weighted by atomic mass is 10.0. The third-order valence-electron chi connectivity index (χ3n) is 8.14. The summed E-state index contributed by atoms with van der Waals surface area (Å²) in [7, 11) is 0. The fourth-order valence-corrected chi connectivity index (χ4v) is 6.00. The van der Waals surface area contributed by atoms with Crippen molar-refractivity contribution in [1.82, 2.24) is 19.9 Å². The van der Waals surface area contributed by atoms with Crippen LogP contribution in [-0.4, -0.2) is 19.9 Å². The first-order valence-electron chi connectivity index (χ1n) is 14.2. The topological polar surface area (TPSA) is 64.7 Å². The van der Waals surface area contributed by atoms with Crippen molar-refractivity contribution in [3.8, 4) is 34.2 Å². The molecule has 0 atom stereocenters. The Labute approximate surface area is 246 Å². The van der Waals surface area contributed by atoms with Gasteiger partial charge in [-0.05, 0) is 56.6 Å². The Morgan fingerprint density at radius 2 is 0.930 bits per heavy atom. The SMILES string of the molecule is c1ccc2cc(-c3nc(-c4ccc5ccccc5c4)nc(-c4cncc5oc6cc7ccccc7cc6c45)n3)ccc2c1. The first-order valence-corrected chi connectivity index (χ1v) is 14.2. The molecule has 0 aliphatic rings. The first kappa shape index (κ1) is 23.7. The smallest absolute Gasteiger partial charge is 0.166 e. The molecule has 0 fully saturated rings. The summed E-state index contributed by atoms with van der Waals surface area (Å²) in [5, 5.41) is 8.81. The van der Waals surface area contributed by atoms with Gasteiger partial charge in [0, 0.05) is 33.7 Å². The van der Waals surface area contributed by atoms with E-state index in [4.69, 9.17) is 19.4 Å². The minimum atomic E-state index is 0.551. The Kier molecular flexibility index (Phi) is 5.13. The molecule has 0 unspecified atom stereocenters. The van der Waals surface area contributed by atoms with Gasteiger partial charge < -0.3 is 4.42 Å². The van der Waals surface area contributed by atoms with Crippen molar-refractivity contribution in [1.29, 1.82) is 0 Å². The molecule has 0 aliphatic heterocycles. The van der Waals surface area contributed by atoms with E-state index < -0.39 is 0 Å². The standard InChI is InChI=1S/C38H22N4O/c1-3-9-25-17-29(15-13-23(25)7-1)36-40-37(30-16-14-24-8-2-4-10-26(24)18-30)42-38(41-36)32-21-39-22-34-35(32)31-19-27-11-5-6-12-28(27)20-33(31)43-34/h1-22H. The van der Waals surface area contributed by atoms with E-state index in [0.29, 0.717) is 23.1 Å². The van der Waals surface area contributed by atoms with Gasteiger partial charge in [0.1, 0.15) is 5.58 Å². The third-order valence-corrected chi connectivity index (χ3v) is 8.14. The fraction of sp³-hybridized carbons (Fsp3) is 0. The molecule has 0 amide bonds. The summed E-state index contributed by atoms with van der Waals surface area (Å²) in [4.78, 5) is 19.7.